The molecule has 0 unspecified atom stereocenters. The van der Waals surface area contributed by atoms with E-state index in [9.17, 15) is 10.1 Å². The van der Waals surface area contributed by atoms with Crippen LogP contribution in [0.4, 0.5) is 10.5 Å². The lowest BCUT2D eigenvalue weighted by Crippen LogP contribution is -2.52. The Hall–Kier alpha value is -1.74. The minimum Gasteiger partial charge on any atom is -0.367 e. The molecule has 1 atom stereocenters. The first-order chi connectivity index (χ1) is 9.19. The van der Waals surface area contributed by atoms with Crippen LogP contribution in [0.5, 0.6) is 0 Å². The number of nitrogens with zero attached hydrogens (tertiary/aromatic N) is 3. The van der Waals surface area contributed by atoms with Gasteiger partial charge < -0.3 is 15.1 Å². The van der Waals surface area contributed by atoms with E-state index >= 15 is 0 Å². The number of fused-ring (bicyclic) bond motifs is 1. The maximum Gasteiger partial charge on any atom is 0.317 e. The van der Waals surface area contributed by atoms with Gasteiger partial charge in [-0.1, -0.05) is 15.9 Å². The molecule has 98 valence electrons. The molecule has 19 heavy (non-hydrogen) atoms. The second-order valence-corrected chi connectivity index (χ2v) is 5.67. The summed E-state index contributed by atoms with van der Waals surface area (Å²) in [5.74, 6) is 0. The Labute approximate surface area is 119 Å². The number of benzene rings is 1. The number of carbonyl (C=O) groups is 1. The van der Waals surface area contributed by atoms with Crippen molar-refractivity contribution in [2.75, 3.05) is 31.1 Å². The van der Waals surface area contributed by atoms with E-state index in [1.54, 1.807) is 0 Å². The number of hydrogen-bond donors (Lipinski definition) is 1. The topological polar surface area (TPSA) is 59.4 Å². The number of halogens is 1. The molecule has 3 rings (SSSR count). The predicted molar refractivity (Wildman–Crippen MR) is 75.0 cm³/mol. The Morgan fingerprint density at radius 2 is 2.26 bits per heavy atom. The van der Waals surface area contributed by atoms with Crippen molar-refractivity contribution < 1.29 is 4.79 Å². The Bertz CT molecular complexity index is 568. The molecule has 6 heteroatoms. The molecule has 1 N–H and O–H groups in total. The lowest BCUT2D eigenvalue weighted by molar-refractivity contribution is 0.197. The number of rotatable bonds is 1. The van der Waals surface area contributed by atoms with E-state index < -0.39 is 0 Å². The van der Waals surface area contributed by atoms with Gasteiger partial charge >= 0.3 is 6.03 Å². The Morgan fingerprint density at radius 3 is 3.05 bits per heavy atom. The molecule has 0 aliphatic carbocycles. The first-order valence-electron chi connectivity index (χ1n) is 6.18. The molecule has 2 heterocycles. The number of piperazine rings is 1. The third-order valence-electron chi connectivity index (χ3n) is 3.65. The highest BCUT2D eigenvalue weighted by Gasteiger charge is 2.35. The van der Waals surface area contributed by atoms with Crippen LogP contribution in [0.1, 0.15) is 5.56 Å². The molecule has 0 bridgehead atoms. The maximum absolute atomic E-state index is 11.6. The number of urea groups is 1. The zero-order valence-electron chi connectivity index (χ0n) is 10.3. The first kappa shape index (κ1) is 12.3. The normalized spacial score (nSPS) is 21.9. The Kier molecular flexibility index (Phi) is 3.07. The molecule has 0 spiro atoms. The van der Waals surface area contributed by atoms with E-state index in [0.29, 0.717) is 18.7 Å². The number of hydrogen-bond acceptors (Lipinski definition) is 3. The van der Waals surface area contributed by atoms with Crippen LogP contribution in [0.15, 0.2) is 22.7 Å². The number of nitrogens with one attached hydrogen (secondary N) is 1. The molecular weight excluding hydrogens is 308 g/mol. The second-order valence-electron chi connectivity index (χ2n) is 4.75. The Morgan fingerprint density at radius 1 is 1.42 bits per heavy atom. The molecular formula is C13H13BrN4O. The van der Waals surface area contributed by atoms with Gasteiger partial charge in [0.25, 0.3) is 0 Å². The molecule has 2 saturated heterocycles. The summed E-state index contributed by atoms with van der Waals surface area (Å²) in [4.78, 5) is 15.6. The summed E-state index contributed by atoms with van der Waals surface area (Å²) in [6.07, 6.45) is 0. The van der Waals surface area contributed by atoms with E-state index in [1.807, 2.05) is 23.1 Å². The minimum atomic E-state index is 0.0287. The summed E-state index contributed by atoms with van der Waals surface area (Å²) < 4.78 is 0.907. The van der Waals surface area contributed by atoms with Crippen molar-refractivity contribution in [1.82, 2.24) is 10.2 Å². The second kappa shape index (κ2) is 4.74. The summed E-state index contributed by atoms with van der Waals surface area (Å²) >= 11 is 3.38. The van der Waals surface area contributed by atoms with Crippen LogP contribution in [0, 0.1) is 11.3 Å². The molecule has 0 aromatic heterocycles. The first-order valence-corrected chi connectivity index (χ1v) is 6.97. The highest BCUT2D eigenvalue weighted by molar-refractivity contribution is 9.10. The van der Waals surface area contributed by atoms with Crippen molar-refractivity contribution in [1.29, 1.82) is 5.26 Å². The molecule has 2 amide bonds. The lowest BCUT2D eigenvalue weighted by Gasteiger charge is -2.38. The van der Waals surface area contributed by atoms with Gasteiger partial charge in [0.2, 0.25) is 0 Å². The van der Waals surface area contributed by atoms with Crippen molar-refractivity contribution >= 4 is 27.6 Å². The molecule has 1 aromatic carbocycles. The fraction of sp³-hybridized carbons (Fsp3) is 0.385. The van der Waals surface area contributed by atoms with Crippen molar-refractivity contribution in [3.05, 3.63) is 28.2 Å². The van der Waals surface area contributed by atoms with Crippen LogP contribution in [0.2, 0.25) is 0 Å². The quantitative estimate of drug-likeness (QED) is 0.853. The van der Waals surface area contributed by atoms with Gasteiger partial charge in [-0.25, -0.2) is 4.79 Å². The number of anilines is 1. The van der Waals surface area contributed by atoms with E-state index in [1.165, 1.54) is 0 Å². The van der Waals surface area contributed by atoms with Gasteiger partial charge in [0.15, 0.2) is 0 Å². The van der Waals surface area contributed by atoms with Crippen LogP contribution in [0.3, 0.4) is 0 Å². The van der Waals surface area contributed by atoms with Crippen molar-refractivity contribution in [2.24, 2.45) is 0 Å². The van der Waals surface area contributed by atoms with Gasteiger partial charge in [-0.15, -0.1) is 0 Å². The van der Waals surface area contributed by atoms with E-state index in [-0.39, 0.29) is 12.1 Å². The number of carbonyl (C=O) groups excluding carboxylic acids is 1. The fourth-order valence-electron chi connectivity index (χ4n) is 2.70. The maximum atomic E-state index is 11.6. The van der Waals surface area contributed by atoms with Gasteiger partial charge in [-0.3, -0.25) is 0 Å². The molecule has 1 aromatic rings. The number of amides is 2. The van der Waals surface area contributed by atoms with Crippen LogP contribution >= 0.6 is 15.9 Å². The summed E-state index contributed by atoms with van der Waals surface area (Å²) in [7, 11) is 0. The van der Waals surface area contributed by atoms with Gasteiger partial charge in [0, 0.05) is 30.7 Å². The highest BCUT2D eigenvalue weighted by atomic mass is 79.9. The summed E-state index contributed by atoms with van der Waals surface area (Å²) in [6, 6.07) is 8.21. The van der Waals surface area contributed by atoms with Crippen LogP contribution in [-0.2, 0) is 0 Å². The van der Waals surface area contributed by atoms with Crippen molar-refractivity contribution in [2.45, 2.75) is 6.04 Å². The van der Waals surface area contributed by atoms with Crippen molar-refractivity contribution in [3.8, 4) is 6.07 Å². The highest BCUT2D eigenvalue weighted by Crippen LogP contribution is 2.27. The van der Waals surface area contributed by atoms with Gasteiger partial charge in [-0.2, -0.15) is 5.26 Å². The fourth-order valence-corrected chi connectivity index (χ4v) is 3.06. The average molecular weight is 321 g/mol. The monoisotopic (exact) mass is 320 g/mol. The molecule has 2 aliphatic heterocycles. The molecule has 0 saturated carbocycles. The molecule has 0 radical (unpaired) electrons. The number of nitriles is 1. The van der Waals surface area contributed by atoms with Crippen LogP contribution in [0.25, 0.3) is 0 Å². The lowest BCUT2D eigenvalue weighted by atomic mass is 10.1. The van der Waals surface area contributed by atoms with Gasteiger partial charge in [0.1, 0.15) is 6.07 Å². The summed E-state index contributed by atoms with van der Waals surface area (Å²) in [5, 5.41) is 12.1. The molecule has 2 aliphatic rings. The average Bonchev–Trinajstić information content (AvgIpc) is 2.79. The van der Waals surface area contributed by atoms with E-state index in [0.717, 1.165) is 23.2 Å². The zero-order valence-corrected chi connectivity index (χ0v) is 11.9. The third-order valence-corrected chi connectivity index (χ3v) is 4.15. The van der Waals surface area contributed by atoms with Gasteiger partial charge in [-0.05, 0) is 18.2 Å². The largest absolute Gasteiger partial charge is 0.367 e. The molecule has 2 fully saturated rings. The summed E-state index contributed by atoms with van der Waals surface area (Å²) in [5.41, 5.74) is 1.62. The van der Waals surface area contributed by atoms with Crippen LogP contribution in [-0.4, -0.2) is 43.2 Å². The zero-order chi connectivity index (χ0) is 13.4. The summed E-state index contributed by atoms with van der Waals surface area (Å²) in [6.45, 7) is 2.93. The Balaban J connectivity index is 1.85. The smallest absolute Gasteiger partial charge is 0.317 e. The third kappa shape index (κ3) is 2.15. The minimum absolute atomic E-state index is 0.0287. The SMILES string of the molecule is N#Cc1cc(Br)ccc1N1CCN2C(=O)NC[C@@H]2C1. The predicted octanol–water partition coefficient (Wildman–Crippen LogP) is 1.53. The standard InChI is InChI=1S/C13H13BrN4O/c14-10-1-2-12(9(5-10)6-15)17-3-4-18-11(8-17)7-16-13(18)19/h1-2,5,11H,3-4,7-8H2,(H,16,19)/t11-/m1/s1. The van der Waals surface area contributed by atoms with E-state index in [2.05, 4.69) is 32.2 Å². The van der Waals surface area contributed by atoms with E-state index in [4.69, 9.17) is 0 Å². The molecule has 5 nitrogen and oxygen atoms in total. The van der Waals surface area contributed by atoms with Crippen molar-refractivity contribution in [3.63, 3.8) is 0 Å². The van der Waals surface area contributed by atoms with Crippen LogP contribution < -0.4 is 10.2 Å². The van der Waals surface area contributed by atoms with Gasteiger partial charge in [0.05, 0.1) is 17.3 Å².